The Labute approximate surface area is 145 Å². The van der Waals surface area contributed by atoms with E-state index in [0.717, 1.165) is 16.7 Å². The van der Waals surface area contributed by atoms with E-state index in [4.69, 9.17) is 6.42 Å². The van der Waals surface area contributed by atoms with Crippen LogP contribution in [0.1, 0.15) is 31.7 Å². The van der Waals surface area contributed by atoms with Gasteiger partial charge < -0.3 is 0 Å². The van der Waals surface area contributed by atoms with E-state index in [2.05, 4.69) is 17.2 Å². The first-order valence-electron chi connectivity index (χ1n) is 7.92. The summed E-state index contributed by atoms with van der Waals surface area (Å²) in [7, 11) is -3.57. The van der Waals surface area contributed by atoms with Gasteiger partial charge in [-0.1, -0.05) is 54.1 Å². The highest BCUT2D eigenvalue weighted by molar-refractivity contribution is 7.91. The summed E-state index contributed by atoms with van der Waals surface area (Å²) < 4.78 is 27.2. The van der Waals surface area contributed by atoms with E-state index >= 15 is 0 Å². The topological polar surface area (TPSA) is 46.2 Å². The molecule has 1 aromatic carbocycles. The van der Waals surface area contributed by atoms with Gasteiger partial charge in [-0.3, -0.25) is 0 Å². The predicted molar refractivity (Wildman–Crippen MR) is 101 cm³/mol. The van der Waals surface area contributed by atoms with Crippen molar-refractivity contribution in [1.29, 1.82) is 0 Å². The molecule has 1 N–H and O–H groups in total. The molecule has 0 bridgehead atoms. The number of terminal acetylenes is 1. The van der Waals surface area contributed by atoms with E-state index in [1.807, 2.05) is 49.4 Å². The van der Waals surface area contributed by atoms with Crippen molar-refractivity contribution in [2.45, 2.75) is 30.9 Å². The van der Waals surface area contributed by atoms with Crippen molar-refractivity contribution in [3.8, 4) is 12.3 Å². The third-order valence-corrected chi connectivity index (χ3v) is 6.22. The van der Waals surface area contributed by atoms with Gasteiger partial charge in [0.15, 0.2) is 0 Å². The van der Waals surface area contributed by atoms with Gasteiger partial charge in [-0.25, -0.2) is 13.1 Å². The van der Waals surface area contributed by atoms with Gasteiger partial charge in [-0.05, 0) is 30.9 Å². The molecule has 4 heteroatoms. The molecular weight excluding hydrogens is 318 g/mol. The maximum atomic E-state index is 12.8. The lowest BCUT2D eigenvalue weighted by molar-refractivity contribution is 0.538. The normalized spacial score (nSPS) is 20.2. The van der Waals surface area contributed by atoms with E-state index in [1.54, 1.807) is 6.08 Å². The van der Waals surface area contributed by atoms with Crippen LogP contribution in [-0.2, 0) is 10.0 Å². The van der Waals surface area contributed by atoms with E-state index in [-0.39, 0.29) is 6.42 Å². The highest BCUT2D eigenvalue weighted by Crippen LogP contribution is 2.34. The lowest BCUT2D eigenvalue weighted by Crippen LogP contribution is -2.45. The van der Waals surface area contributed by atoms with Crippen LogP contribution in [0.4, 0.5) is 0 Å². The Morgan fingerprint density at radius 1 is 1.38 bits per heavy atom. The van der Waals surface area contributed by atoms with Gasteiger partial charge in [0, 0.05) is 13.0 Å². The molecule has 24 heavy (non-hydrogen) atoms. The summed E-state index contributed by atoms with van der Waals surface area (Å²) >= 11 is 0. The smallest absolute Gasteiger partial charge is 0.214 e. The largest absolute Gasteiger partial charge is 0.222 e. The van der Waals surface area contributed by atoms with Crippen molar-refractivity contribution in [1.82, 2.24) is 4.72 Å². The van der Waals surface area contributed by atoms with Crippen molar-refractivity contribution in [3.05, 3.63) is 66.3 Å². The lowest BCUT2D eigenvalue weighted by Gasteiger charge is -2.30. The number of hydrogen-bond donors (Lipinski definition) is 1. The Balaban J connectivity index is 2.22. The van der Waals surface area contributed by atoms with Crippen molar-refractivity contribution in [3.63, 3.8) is 0 Å². The average molecular weight is 341 g/mol. The van der Waals surface area contributed by atoms with Gasteiger partial charge in [-0.2, -0.15) is 0 Å². The van der Waals surface area contributed by atoms with E-state index in [1.165, 1.54) is 0 Å². The SMILES string of the molecule is C#CCC1(S(=O)(=O)NCCC(=C)C)C=CC(c2ccccc2)=CC1. The Hall–Kier alpha value is -2.09. The Kier molecular flexibility index (Phi) is 5.82. The third kappa shape index (κ3) is 4.05. The summed E-state index contributed by atoms with van der Waals surface area (Å²) in [6.45, 7) is 6.01. The molecule has 0 spiro atoms. The van der Waals surface area contributed by atoms with Crippen molar-refractivity contribution in [2.75, 3.05) is 6.54 Å². The summed E-state index contributed by atoms with van der Waals surface area (Å²) in [6.07, 6.45) is 12.1. The molecule has 3 nitrogen and oxygen atoms in total. The summed E-state index contributed by atoms with van der Waals surface area (Å²) in [6, 6.07) is 9.88. The zero-order valence-electron chi connectivity index (χ0n) is 14.0. The third-order valence-electron chi connectivity index (χ3n) is 4.12. The molecule has 2 rings (SSSR count). The highest BCUT2D eigenvalue weighted by Gasteiger charge is 2.41. The van der Waals surface area contributed by atoms with Gasteiger partial charge in [0.1, 0.15) is 4.75 Å². The van der Waals surface area contributed by atoms with Gasteiger partial charge in [0.2, 0.25) is 10.0 Å². The average Bonchev–Trinajstić information content (AvgIpc) is 2.56. The molecule has 0 saturated carbocycles. The molecule has 1 aromatic rings. The summed E-state index contributed by atoms with van der Waals surface area (Å²) in [4.78, 5) is 0. The van der Waals surface area contributed by atoms with Crippen molar-refractivity contribution >= 4 is 15.6 Å². The molecule has 0 aliphatic heterocycles. The highest BCUT2D eigenvalue weighted by atomic mass is 32.2. The molecule has 0 aromatic heterocycles. The van der Waals surface area contributed by atoms with Gasteiger partial charge in [0.25, 0.3) is 0 Å². The van der Waals surface area contributed by atoms with Crippen LogP contribution in [0.3, 0.4) is 0 Å². The Morgan fingerprint density at radius 3 is 2.62 bits per heavy atom. The number of benzene rings is 1. The number of allylic oxidation sites excluding steroid dienone is 3. The van der Waals surface area contributed by atoms with Gasteiger partial charge >= 0.3 is 0 Å². The standard InChI is InChI=1S/C20H23NO2S/c1-4-13-20(24(22,23)21-16-12-17(2)3)14-10-19(11-15-20)18-8-6-5-7-9-18/h1,5-11,14,21H,2,12-13,15-16H2,3H3. The van der Waals surface area contributed by atoms with Gasteiger partial charge in [0.05, 0.1) is 0 Å². The van der Waals surface area contributed by atoms with Crippen LogP contribution < -0.4 is 4.72 Å². The van der Waals surface area contributed by atoms with Crippen molar-refractivity contribution in [2.24, 2.45) is 0 Å². The number of nitrogens with one attached hydrogen (secondary N) is 1. The molecule has 0 radical (unpaired) electrons. The lowest BCUT2D eigenvalue weighted by atomic mass is 9.90. The second-order valence-electron chi connectivity index (χ2n) is 6.11. The second-order valence-corrected chi connectivity index (χ2v) is 8.22. The molecule has 0 fully saturated rings. The molecular formula is C20H23NO2S. The fraction of sp³-hybridized carbons (Fsp3) is 0.300. The zero-order valence-corrected chi connectivity index (χ0v) is 14.8. The molecule has 1 unspecified atom stereocenters. The zero-order chi connectivity index (χ0) is 17.6. The minimum Gasteiger partial charge on any atom is -0.214 e. The molecule has 0 amide bonds. The van der Waals surface area contributed by atoms with Crippen LogP contribution in [0.25, 0.3) is 5.57 Å². The van der Waals surface area contributed by atoms with Crippen LogP contribution in [0.5, 0.6) is 0 Å². The minimum absolute atomic E-state index is 0.143. The first-order chi connectivity index (χ1) is 11.4. The summed E-state index contributed by atoms with van der Waals surface area (Å²) in [5.74, 6) is 2.52. The van der Waals surface area contributed by atoms with Crippen molar-refractivity contribution < 1.29 is 8.42 Å². The summed E-state index contributed by atoms with van der Waals surface area (Å²) in [5, 5.41) is 0. The maximum Gasteiger partial charge on any atom is 0.222 e. The van der Waals surface area contributed by atoms with Crippen LogP contribution in [0.2, 0.25) is 0 Å². The molecule has 0 heterocycles. The predicted octanol–water partition coefficient (Wildman–Crippen LogP) is 3.68. The van der Waals surface area contributed by atoms with E-state index in [9.17, 15) is 8.42 Å². The van der Waals surface area contributed by atoms with Crippen LogP contribution in [0.15, 0.2) is 60.7 Å². The Bertz CT molecular complexity index is 798. The molecule has 1 atom stereocenters. The fourth-order valence-electron chi connectivity index (χ4n) is 2.65. The number of sulfonamides is 1. The molecule has 1 aliphatic carbocycles. The van der Waals surface area contributed by atoms with Gasteiger partial charge in [-0.15, -0.1) is 18.9 Å². The first-order valence-corrected chi connectivity index (χ1v) is 9.40. The summed E-state index contributed by atoms with van der Waals surface area (Å²) in [5.41, 5.74) is 3.02. The minimum atomic E-state index is -3.57. The molecule has 1 aliphatic rings. The fourth-order valence-corrected chi connectivity index (χ4v) is 4.13. The maximum absolute atomic E-state index is 12.8. The monoisotopic (exact) mass is 341 g/mol. The number of hydrogen-bond acceptors (Lipinski definition) is 2. The van der Waals surface area contributed by atoms with Crippen LogP contribution in [-0.4, -0.2) is 19.7 Å². The quantitative estimate of drug-likeness (QED) is 0.607. The van der Waals surface area contributed by atoms with E-state index < -0.39 is 14.8 Å². The van der Waals surface area contributed by atoms with Crippen LogP contribution >= 0.6 is 0 Å². The molecule has 0 saturated heterocycles. The van der Waals surface area contributed by atoms with Crippen LogP contribution in [0, 0.1) is 12.3 Å². The first kappa shape index (κ1) is 18.3. The van der Waals surface area contributed by atoms with E-state index in [0.29, 0.717) is 19.4 Å². The number of rotatable bonds is 7. The Morgan fingerprint density at radius 2 is 2.08 bits per heavy atom. The second kappa shape index (κ2) is 7.65. The molecule has 126 valence electrons.